The summed E-state index contributed by atoms with van der Waals surface area (Å²) in [4.78, 5) is 27.2. The second-order valence-corrected chi connectivity index (χ2v) is 5.66. The van der Waals surface area contributed by atoms with E-state index in [0.717, 1.165) is 25.7 Å². The van der Waals surface area contributed by atoms with Gasteiger partial charge in [-0.1, -0.05) is 6.42 Å². The highest BCUT2D eigenvalue weighted by molar-refractivity contribution is 5.73. The van der Waals surface area contributed by atoms with Gasteiger partial charge in [0.05, 0.1) is 12.0 Å². The Morgan fingerprint density at radius 2 is 2.27 bits per heavy atom. The number of carbonyl (C=O) groups is 1. The molecule has 0 radical (unpaired) electrons. The highest BCUT2D eigenvalue weighted by Gasteiger charge is 2.31. The molecular formula is C14H19N3O5. The van der Waals surface area contributed by atoms with E-state index in [4.69, 9.17) is 14.7 Å². The van der Waals surface area contributed by atoms with Gasteiger partial charge in [0.15, 0.2) is 5.82 Å². The third kappa shape index (κ3) is 3.12. The first-order chi connectivity index (χ1) is 10.7. The first kappa shape index (κ1) is 15.0. The monoisotopic (exact) mass is 309 g/mol. The maximum atomic E-state index is 11.8. The molecule has 2 fully saturated rings. The molecule has 0 aromatic carbocycles. The maximum Gasteiger partial charge on any atom is 0.351 e. The van der Waals surface area contributed by atoms with Gasteiger partial charge >= 0.3 is 11.7 Å². The molecule has 2 N–H and O–H groups in total. The van der Waals surface area contributed by atoms with Gasteiger partial charge in [-0.05, 0) is 31.7 Å². The molecule has 1 aromatic rings. The van der Waals surface area contributed by atoms with Crippen LogP contribution in [-0.2, 0) is 14.3 Å². The van der Waals surface area contributed by atoms with E-state index in [0.29, 0.717) is 6.42 Å². The number of rotatable bonds is 5. The SMILES string of the molecule is O=C(OCC1CCC(n2ccc(NO)nc2=O)O1)C1CCC1. The molecule has 1 aromatic heterocycles. The average Bonchev–Trinajstić information content (AvgIpc) is 2.91. The number of nitrogens with one attached hydrogen (secondary N) is 1. The van der Waals surface area contributed by atoms with E-state index in [2.05, 4.69) is 4.98 Å². The van der Waals surface area contributed by atoms with Crippen LogP contribution in [0.25, 0.3) is 0 Å². The normalized spacial score (nSPS) is 24.8. The van der Waals surface area contributed by atoms with Gasteiger partial charge in [-0.25, -0.2) is 4.79 Å². The minimum Gasteiger partial charge on any atom is -0.463 e. The molecular weight excluding hydrogens is 290 g/mol. The third-order valence-electron chi connectivity index (χ3n) is 4.19. The van der Waals surface area contributed by atoms with Crippen molar-refractivity contribution >= 4 is 11.8 Å². The summed E-state index contributed by atoms with van der Waals surface area (Å²) in [7, 11) is 0. The lowest BCUT2D eigenvalue weighted by Crippen LogP contribution is -2.29. The van der Waals surface area contributed by atoms with Crippen molar-refractivity contribution < 1.29 is 19.5 Å². The number of esters is 1. The Bertz CT molecular complexity index is 598. The lowest BCUT2D eigenvalue weighted by molar-refractivity contribution is -0.156. The fourth-order valence-corrected chi connectivity index (χ4v) is 2.65. The molecule has 3 rings (SSSR count). The van der Waals surface area contributed by atoms with Gasteiger partial charge in [0.1, 0.15) is 12.8 Å². The van der Waals surface area contributed by atoms with Crippen molar-refractivity contribution in [2.45, 2.75) is 44.4 Å². The highest BCUT2D eigenvalue weighted by atomic mass is 16.6. The molecule has 1 aliphatic carbocycles. The van der Waals surface area contributed by atoms with Crippen molar-refractivity contribution in [1.29, 1.82) is 0 Å². The van der Waals surface area contributed by atoms with Crippen molar-refractivity contribution in [3.8, 4) is 0 Å². The van der Waals surface area contributed by atoms with Crippen LogP contribution in [-0.4, -0.2) is 33.4 Å². The molecule has 8 nitrogen and oxygen atoms in total. The predicted octanol–water partition coefficient (Wildman–Crippen LogP) is 1.07. The molecule has 2 heterocycles. The van der Waals surface area contributed by atoms with Crippen LogP contribution in [0.3, 0.4) is 0 Å². The molecule has 0 spiro atoms. The van der Waals surface area contributed by atoms with E-state index < -0.39 is 11.9 Å². The molecule has 1 aliphatic heterocycles. The number of hydrogen-bond donors (Lipinski definition) is 2. The van der Waals surface area contributed by atoms with Crippen molar-refractivity contribution in [3.63, 3.8) is 0 Å². The van der Waals surface area contributed by atoms with Gasteiger partial charge in [0, 0.05) is 6.20 Å². The van der Waals surface area contributed by atoms with Gasteiger partial charge in [-0.15, -0.1) is 0 Å². The summed E-state index contributed by atoms with van der Waals surface area (Å²) >= 11 is 0. The lowest BCUT2D eigenvalue weighted by atomic mass is 9.86. The number of aromatic nitrogens is 2. The maximum absolute atomic E-state index is 11.8. The largest absolute Gasteiger partial charge is 0.463 e. The van der Waals surface area contributed by atoms with E-state index in [1.54, 1.807) is 0 Å². The van der Waals surface area contributed by atoms with Crippen LogP contribution in [0.5, 0.6) is 0 Å². The Labute approximate surface area is 127 Å². The Morgan fingerprint density at radius 1 is 1.45 bits per heavy atom. The van der Waals surface area contributed by atoms with Crippen LogP contribution >= 0.6 is 0 Å². The van der Waals surface area contributed by atoms with E-state index in [1.807, 2.05) is 5.48 Å². The average molecular weight is 309 g/mol. The lowest BCUT2D eigenvalue weighted by Gasteiger charge is -2.24. The van der Waals surface area contributed by atoms with E-state index in [9.17, 15) is 9.59 Å². The van der Waals surface area contributed by atoms with Gasteiger partial charge in [-0.3, -0.25) is 20.0 Å². The molecule has 1 saturated carbocycles. The second-order valence-electron chi connectivity index (χ2n) is 5.66. The molecule has 1 saturated heterocycles. The van der Waals surface area contributed by atoms with Crippen LogP contribution < -0.4 is 11.2 Å². The molecule has 120 valence electrons. The van der Waals surface area contributed by atoms with Crippen molar-refractivity contribution in [1.82, 2.24) is 9.55 Å². The van der Waals surface area contributed by atoms with Crippen molar-refractivity contribution in [3.05, 3.63) is 22.7 Å². The van der Waals surface area contributed by atoms with Gasteiger partial charge in [0.2, 0.25) is 0 Å². The zero-order valence-electron chi connectivity index (χ0n) is 12.1. The second kappa shape index (κ2) is 6.45. The molecule has 22 heavy (non-hydrogen) atoms. The fraction of sp³-hybridized carbons (Fsp3) is 0.643. The van der Waals surface area contributed by atoms with E-state index >= 15 is 0 Å². The van der Waals surface area contributed by atoms with Crippen LogP contribution in [0, 0.1) is 5.92 Å². The Balaban J connectivity index is 1.53. The topological polar surface area (TPSA) is 103 Å². The molecule has 2 atom stereocenters. The first-order valence-electron chi connectivity index (χ1n) is 7.49. The Kier molecular flexibility index (Phi) is 4.39. The highest BCUT2D eigenvalue weighted by Crippen LogP contribution is 2.30. The van der Waals surface area contributed by atoms with Gasteiger partial charge in [0.25, 0.3) is 0 Å². The van der Waals surface area contributed by atoms with Crippen LogP contribution in [0.4, 0.5) is 5.82 Å². The smallest absolute Gasteiger partial charge is 0.351 e. The van der Waals surface area contributed by atoms with Crippen LogP contribution in [0.1, 0.15) is 38.3 Å². The summed E-state index contributed by atoms with van der Waals surface area (Å²) in [5.41, 5.74) is 1.32. The number of anilines is 1. The minimum absolute atomic E-state index is 0.0579. The summed E-state index contributed by atoms with van der Waals surface area (Å²) in [6.45, 7) is 0.226. The van der Waals surface area contributed by atoms with Crippen molar-refractivity contribution in [2.75, 3.05) is 12.1 Å². The summed E-state index contributed by atoms with van der Waals surface area (Å²) in [6.07, 6.45) is 5.20. The Hall–Kier alpha value is -1.93. The van der Waals surface area contributed by atoms with Gasteiger partial charge in [-0.2, -0.15) is 4.98 Å². The zero-order chi connectivity index (χ0) is 15.5. The molecule has 2 aliphatic rings. The van der Waals surface area contributed by atoms with Crippen LogP contribution in [0.2, 0.25) is 0 Å². The van der Waals surface area contributed by atoms with Crippen LogP contribution in [0.15, 0.2) is 17.1 Å². The van der Waals surface area contributed by atoms with Crippen molar-refractivity contribution in [2.24, 2.45) is 5.92 Å². The molecule has 0 bridgehead atoms. The first-order valence-corrected chi connectivity index (χ1v) is 7.49. The third-order valence-corrected chi connectivity index (χ3v) is 4.19. The summed E-state index contributed by atoms with van der Waals surface area (Å²) < 4.78 is 12.4. The number of ether oxygens (including phenoxy) is 2. The van der Waals surface area contributed by atoms with Gasteiger partial charge < -0.3 is 9.47 Å². The predicted molar refractivity (Wildman–Crippen MR) is 75.4 cm³/mol. The number of carbonyl (C=O) groups excluding carboxylic acids is 1. The molecule has 8 heteroatoms. The molecule has 2 unspecified atom stereocenters. The quantitative estimate of drug-likeness (QED) is 0.619. The number of hydrogen-bond acceptors (Lipinski definition) is 7. The molecule has 0 amide bonds. The zero-order valence-corrected chi connectivity index (χ0v) is 12.1. The van der Waals surface area contributed by atoms with E-state index in [1.165, 1.54) is 16.8 Å². The standard InChI is InChI=1S/C14H19N3O5/c18-13(9-2-1-3-9)21-8-10-4-5-12(22-10)17-7-6-11(16-20)15-14(17)19/h6-7,9-10,12,20H,1-5,8H2,(H,15,16,19). The Morgan fingerprint density at radius 3 is 2.91 bits per heavy atom. The number of nitrogens with zero attached hydrogens (tertiary/aromatic N) is 2. The fourth-order valence-electron chi connectivity index (χ4n) is 2.65. The minimum atomic E-state index is -0.504. The summed E-state index contributed by atoms with van der Waals surface area (Å²) in [6, 6.07) is 1.48. The summed E-state index contributed by atoms with van der Waals surface area (Å²) in [5.74, 6) is 0.00303. The summed E-state index contributed by atoms with van der Waals surface area (Å²) in [5, 5.41) is 8.71. The van der Waals surface area contributed by atoms with E-state index in [-0.39, 0.29) is 30.4 Å².